The van der Waals surface area contributed by atoms with Crippen LogP contribution in [0.3, 0.4) is 0 Å². The molecule has 4 heteroatoms. The predicted molar refractivity (Wildman–Crippen MR) is 90.2 cm³/mol. The van der Waals surface area contributed by atoms with Gasteiger partial charge in [-0.05, 0) is 40.2 Å². The summed E-state index contributed by atoms with van der Waals surface area (Å²) >= 11 is 3.48. The van der Waals surface area contributed by atoms with E-state index in [9.17, 15) is 0 Å². The first kappa shape index (κ1) is 15.4. The van der Waals surface area contributed by atoms with Gasteiger partial charge in [-0.15, -0.1) is 0 Å². The maximum absolute atomic E-state index is 5.65. The summed E-state index contributed by atoms with van der Waals surface area (Å²) in [5.41, 5.74) is 2.12. The van der Waals surface area contributed by atoms with Crippen molar-refractivity contribution in [2.75, 3.05) is 19.0 Å². The Morgan fingerprint density at radius 1 is 1.19 bits per heavy atom. The summed E-state index contributed by atoms with van der Waals surface area (Å²) in [7, 11) is 1.65. The fourth-order valence-electron chi connectivity index (χ4n) is 1.91. The van der Waals surface area contributed by atoms with Gasteiger partial charge in [-0.3, -0.25) is 0 Å². The number of halogens is 1. The largest absolute Gasteiger partial charge is 0.496 e. The minimum absolute atomic E-state index is 0.505. The fourth-order valence-corrected chi connectivity index (χ4v) is 2.45. The molecule has 0 aliphatic carbocycles. The van der Waals surface area contributed by atoms with Gasteiger partial charge in [0.25, 0.3) is 0 Å². The molecule has 0 atom stereocenters. The molecule has 21 heavy (non-hydrogen) atoms. The third-order valence-corrected chi connectivity index (χ3v) is 3.58. The Morgan fingerprint density at radius 3 is 2.71 bits per heavy atom. The minimum atomic E-state index is 0.505. The van der Waals surface area contributed by atoms with Crippen LogP contribution in [0.15, 0.2) is 59.6 Å². The minimum Gasteiger partial charge on any atom is -0.496 e. The van der Waals surface area contributed by atoms with E-state index in [0.29, 0.717) is 13.2 Å². The van der Waals surface area contributed by atoms with Crippen molar-refractivity contribution in [3.8, 4) is 11.5 Å². The zero-order chi connectivity index (χ0) is 15.1. The van der Waals surface area contributed by atoms with Gasteiger partial charge in [-0.2, -0.15) is 0 Å². The maximum Gasteiger partial charge on any atom is 0.133 e. The molecule has 0 aliphatic heterocycles. The number of rotatable bonds is 7. The van der Waals surface area contributed by atoms with Gasteiger partial charge in [0, 0.05) is 17.8 Å². The molecular weight excluding hydrogens is 330 g/mol. The zero-order valence-electron chi connectivity index (χ0n) is 11.9. The van der Waals surface area contributed by atoms with Gasteiger partial charge in [0.1, 0.15) is 18.1 Å². The van der Waals surface area contributed by atoms with Gasteiger partial charge < -0.3 is 14.8 Å². The number of nitrogens with one attached hydrogen (secondary N) is 1. The van der Waals surface area contributed by atoms with Crippen molar-refractivity contribution in [1.82, 2.24) is 0 Å². The van der Waals surface area contributed by atoms with Crippen LogP contribution in [-0.4, -0.2) is 13.7 Å². The summed E-state index contributed by atoms with van der Waals surface area (Å²) in [6, 6.07) is 13.9. The van der Waals surface area contributed by atoms with E-state index in [0.717, 1.165) is 27.2 Å². The summed E-state index contributed by atoms with van der Waals surface area (Å²) < 4.78 is 11.8. The maximum atomic E-state index is 5.65. The number of hydrogen-bond donors (Lipinski definition) is 1. The molecule has 0 saturated heterocycles. The normalized spacial score (nSPS) is 10.0. The summed E-state index contributed by atoms with van der Waals surface area (Å²) in [6.07, 6.45) is 1.74. The van der Waals surface area contributed by atoms with Gasteiger partial charge >= 0.3 is 0 Å². The van der Waals surface area contributed by atoms with Crippen molar-refractivity contribution < 1.29 is 9.47 Å². The van der Waals surface area contributed by atoms with E-state index in [1.165, 1.54) is 0 Å². The highest BCUT2D eigenvalue weighted by Gasteiger charge is 2.04. The quantitative estimate of drug-likeness (QED) is 0.740. The van der Waals surface area contributed by atoms with Crippen molar-refractivity contribution in [2.45, 2.75) is 6.54 Å². The Balaban J connectivity index is 2.05. The van der Waals surface area contributed by atoms with E-state index >= 15 is 0 Å². The predicted octanol–water partition coefficient (Wildman–Crippen LogP) is 4.63. The molecule has 0 unspecified atom stereocenters. The van der Waals surface area contributed by atoms with Crippen LogP contribution in [0.5, 0.6) is 11.5 Å². The average Bonchev–Trinajstić information content (AvgIpc) is 2.52. The van der Waals surface area contributed by atoms with Crippen molar-refractivity contribution in [1.29, 1.82) is 0 Å². The van der Waals surface area contributed by atoms with E-state index in [2.05, 4.69) is 27.8 Å². The second kappa shape index (κ2) is 7.74. The van der Waals surface area contributed by atoms with Crippen LogP contribution in [0.2, 0.25) is 0 Å². The van der Waals surface area contributed by atoms with E-state index in [4.69, 9.17) is 9.47 Å². The lowest BCUT2D eigenvalue weighted by molar-refractivity contribution is 0.359. The number of anilines is 1. The van der Waals surface area contributed by atoms with Gasteiger partial charge in [-0.25, -0.2) is 0 Å². The Bertz CT molecular complexity index is 613. The lowest BCUT2D eigenvalue weighted by Crippen LogP contribution is -2.03. The first-order chi connectivity index (χ1) is 10.2. The second-order valence-corrected chi connectivity index (χ2v) is 5.26. The lowest BCUT2D eigenvalue weighted by Gasteiger charge is -2.12. The molecule has 3 nitrogen and oxygen atoms in total. The molecular formula is C17H18BrNO2. The molecule has 0 amide bonds. The van der Waals surface area contributed by atoms with Crippen molar-refractivity contribution in [3.05, 3.63) is 65.2 Å². The van der Waals surface area contributed by atoms with Crippen molar-refractivity contribution in [2.24, 2.45) is 0 Å². The van der Waals surface area contributed by atoms with Crippen molar-refractivity contribution in [3.63, 3.8) is 0 Å². The van der Waals surface area contributed by atoms with Crippen LogP contribution in [0, 0.1) is 0 Å². The molecule has 2 aromatic rings. The van der Waals surface area contributed by atoms with E-state index in [1.807, 2.05) is 42.5 Å². The zero-order valence-corrected chi connectivity index (χ0v) is 13.5. The standard InChI is InChI=1S/C17H18BrNO2/c1-3-10-21-16-7-5-4-6-13(16)12-19-14-8-9-17(20-2)15(18)11-14/h3-9,11,19H,1,10,12H2,2H3. The molecule has 2 rings (SSSR count). The summed E-state index contributed by atoms with van der Waals surface area (Å²) in [5.74, 6) is 1.69. The SMILES string of the molecule is C=CCOc1ccccc1CNc1ccc(OC)c(Br)c1. The Morgan fingerprint density at radius 2 is 2.00 bits per heavy atom. The molecule has 0 aliphatic rings. The van der Waals surface area contributed by atoms with Crippen molar-refractivity contribution >= 4 is 21.6 Å². The molecule has 0 fully saturated rings. The summed E-state index contributed by atoms with van der Waals surface area (Å²) in [4.78, 5) is 0. The van der Waals surface area contributed by atoms with Crippen LogP contribution in [0.4, 0.5) is 5.69 Å². The van der Waals surface area contributed by atoms with E-state index in [-0.39, 0.29) is 0 Å². The highest BCUT2D eigenvalue weighted by atomic mass is 79.9. The number of para-hydroxylation sites is 1. The highest BCUT2D eigenvalue weighted by Crippen LogP contribution is 2.28. The highest BCUT2D eigenvalue weighted by molar-refractivity contribution is 9.10. The Labute approximate surface area is 133 Å². The number of benzene rings is 2. The molecule has 0 heterocycles. The topological polar surface area (TPSA) is 30.5 Å². The van der Waals surface area contributed by atoms with E-state index < -0.39 is 0 Å². The average molecular weight is 348 g/mol. The molecule has 2 aromatic carbocycles. The second-order valence-electron chi connectivity index (χ2n) is 4.41. The number of ether oxygens (including phenoxy) is 2. The first-order valence-electron chi connectivity index (χ1n) is 6.63. The van der Waals surface area contributed by atoms with E-state index in [1.54, 1.807) is 13.2 Å². The first-order valence-corrected chi connectivity index (χ1v) is 7.43. The van der Waals surface area contributed by atoms with Gasteiger partial charge in [-0.1, -0.05) is 30.9 Å². The molecule has 110 valence electrons. The third-order valence-electron chi connectivity index (χ3n) is 2.96. The summed E-state index contributed by atoms with van der Waals surface area (Å²) in [5, 5.41) is 3.38. The van der Waals surface area contributed by atoms with Crippen LogP contribution < -0.4 is 14.8 Å². The number of hydrogen-bond acceptors (Lipinski definition) is 3. The monoisotopic (exact) mass is 347 g/mol. The molecule has 1 N–H and O–H groups in total. The molecule has 0 aromatic heterocycles. The molecule has 0 bridgehead atoms. The van der Waals surface area contributed by atoms with Crippen LogP contribution in [-0.2, 0) is 6.54 Å². The Hall–Kier alpha value is -1.94. The smallest absolute Gasteiger partial charge is 0.133 e. The van der Waals surface area contributed by atoms with Gasteiger partial charge in [0.2, 0.25) is 0 Å². The van der Waals surface area contributed by atoms with Gasteiger partial charge in [0.05, 0.1) is 11.6 Å². The number of methoxy groups -OCH3 is 1. The fraction of sp³-hybridized carbons (Fsp3) is 0.176. The van der Waals surface area contributed by atoms with Gasteiger partial charge in [0.15, 0.2) is 0 Å². The molecule has 0 radical (unpaired) electrons. The lowest BCUT2D eigenvalue weighted by atomic mass is 10.2. The van der Waals surface area contributed by atoms with Crippen LogP contribution in [0.25, 0.3) is 0 Å². The van der Waals surface area contributed by atoms with Crippen LogP contribution >= 0.6 is 15.9 Å². The van der Waals surface area contributed by atoms with Crippen LogP contribution in [0.1, 0.15) is 5.56 Å². The Kier molecular flexibility index (Phi) is 5.69. The molecule has 0 spiro atoms. The molecule has 0 saturated carbocycles. The summed E-state index contributed by atoms with van der Waals surface area (Å²) in [6.45, 7) is 4.86. The third kappa shape index (κ3) is 4.26.